The van der Waals surface area contributed by atoms with Crippen LogP contribution in [-0.2, 0) is 0 Å². The molecule has 0 aliphatic carbocycles. The van der Waals surface area contributed by atoms with Crippen LogP contribution in [-0.4, -0.2) is 45.7 Å². The maximum Gasteiger partial charge on any atom is 0.266 e. The van der Waals surface area contributed by atoms with Crippen molar-refractivity contribution in [1.29, 1.82) is 0 Å². The lowest BCUT2D eigenvalue weighted by Crippen LogP contribution is -2.31. The maximum absolute atomic E-state index is 12.9. The molecule has 4 rings (SSSR count). The lowest BCUT2D eigenvalue weighted by Gasteiger charge is -2.26. The monoisotopic (exact) mass is 378 g/mol. The van der Waals surface area contributed by atoms with Crippen molar-refractivity contribution < 1.29 is 4.74 Å². The molecule has 28 heavy (non-hydrogen) atoms. The van der Waals surface area contributed by atoms with Gasteiger partial charge >= 0.3 is 0 Å². The van der Waals surface area contributed by atoms with Gasteiger partial charge in [0.25, 0.3) is 5.56 Å². The fourth-order valence-corrected chi connectivity index (χ4v) is 3.80. The van der Waals surface area contributed by atoms with Crippen LogP contribution < -0.4 is 10.3 Å². The van der Waals surface area contributed by atoms with E-state index < -0.39 is 0 Å². The number of rotatable bonds is 6. The van der Waals surface area contributed by atoms with Gasteiger partial charge in [0.1, 0.15) is 11.6 Å². The summed E-state index contributed by atoms with van der Waals surface area (Å²) >= 11 is 0. The van der Waals surface area contributed by atoms with Gasteiger partial charge in [-0.1, -0.05) is 6.42 Å². The summed E-state index contributed by atoms with van der Waals surface area (Å²) in [7, 11) is 0. The molecule has 1 saturated heterocycles. The predicted octanol–water partition coefficient (Wildman–Crippen LogP) is 3.34. The van der Waals surface area contributed by atoms with E-state index in [0.717, 1.165) is 24.4 Å². The van der Waals surface area contributed by atoms with Crippen LogP contribution in [0.3, 0.4) is 0 Å². The fraction of sp³-hybridized carbons (Fsp3) is 0.409. The van der Waals surface area contributed by atoms with E-state index in [2.05, 4.69) is 14.9 Å². The average molecular weight is 378 g/mol. The molecule has 0 saturated carbocycles. The number of nitrogens with zero attached hydrogens (tertiary/aromatic N) is 4. The molecule has 2 aromatic heterocycles. The summed E-state index contributed by atoms with van der Waals surface area (Å²) in [5.41, 5.74) is 1.32. The van der Waals surface area contributed by atoms with Crippen LogP contribution in [0.5, 0.6) is 5.75 Å². The Morgan fingerprint density at radius 3 is 2.64 bits per heavy atom. The molecule has 0 amide bonds. The number of fused-ring (bicyclic) bond motifs is 1. The number of aryl methyl sites for hydroxylation is 1. The minimum atomic E-state index is -0.0832. The minimum absolute atomic E-state index is 0.0832. The summed E-state index contributed by atoms with van der Waals surface area (Å²) in [5.74, 6) is 1.46. The van der Waals surface area contributed by atoms with Gasteiger partial charge in [-0.05, 0) is 69.6 Å². The number of ether oxygens (including phenoxy) is 1. The molecule has 0 bridgehead atoms. The highest BCUT2D eigenvalue weighted by molar-refractivity contribution is 5.76. The summed E-state index contributed by atoms with van der Waals surface area (Å²) in [6, 6.07) is 9.35. The number of aromatic nitrogens is 3. The van der Waals surface area contributed by atoms with Crippen LogP contribution in [0.25, 0.3) is 16.6 Å². The van der Waals surface area contributed by atoms with Crippen LogP contribution in [0, 0.1) is 6.92 Å². The largest absolute Gasteiger partial charge is 0.494 e. The first kappa shape index (κ1) is 18.6. The Hall–Kier alpha value is -2.73. The van der Waals surface area contributed by atoms with Gasteiger partial charge in [0.2, 0.25) is 0 Å². The first-order chi connectivity index (χ1) is 13.7. The highest BCUT2D eigenvalue weighted by atomic mass is 16.5. The molecule has 0 spiro atoms. The van der Waals surface area contributed by atoms with E-state index in [-0.39, 0.29) is 5.56 Å². The molecule has 1 fully saturated rings. The van der Waals surface area contributed by atoms with Gasteiger partial charge in [0.15, 0.2) is 0 Å². The summed E-state index contributed by atoms with van der Waals surface area (Å²) < 4.78 is 7.51. The Balaban J connectivity index is 1.42. The van der Waals surface area contributed by atoms with Crippen molar-refractivity contribution in [3.8, 4) is 11.4 Å². The summed E-state index contributed by atoms with van der Waals surface area (Å²) in [6.07, 6.45) is 8.28. The van der Waals surface area contributed by atoms with Gasteiger partial charge in [-0.3, -0.25) is 14.3 Å². The standard InChI is InChI=1S/C22H26N4O2/c1-17-24-21-16-23-11-10-20(21)22(27)26(17)18-6-8-19(9-7-18)28-15-5-14-25-12-3-2-4-13-25/h6-11,16H,2-5,12-15H2,1H3. The molecular formula is C22H26N4O2. The Morgan fingerprint density at radius 2 is 1.86 bits per heavy atom. The molecular weight excluding hydrogens is 352 g/mol. The molecule has 0 unspecified atom stereocenters. The van der Waals surface area contributed by atoms with Gasteiger partial charge in [-0.2, -0.15) is 0 Å². The van der Waals surface area contributed by atoms with Gasteiger partial charge < -0.3 is 9.64 Å². The van der Waals surface area contributed by atoms with Gasteiger partial charge in [0, 0.05) is 12.7 Å². The summed E-state index contributed by atoms with van der Waals surface area (Å²) in [4.78, 5) is 23.9. The van der Waals surface area contributed by atoms with Crippen LogP contribution in [0.2, 0.25) is 0 Å². The molecule has 3 aromatic rings. The topological polar surface area (TPSA) is 60.3 Å². The van der Waals surface area contributed by atoms with E-state index >= 15 is 0 Å². The van der Waals surface area contributed by atoms with Crippen molar-refractivity contribution in [2.45, 2.75) is 32.6 Å². The lowest BCUT2D eigenvalue weighted by molar-refractivity contribution is 0.205. The molecule has 1 aliphatic heterocycles. The van der Waals surface area contributed by atoms with Gasteiger partial charge in [0.05, 0.1) is 29.4 Å². The van der Waals surface area contributed by atoms with Crippen LogP contribution >= 0.6 is 0 Å². The summed E-state index contributed by atoms with van der Waals surface area (Å²) in [5, 5.41) is 0.568. The highest BCUT2D eigenvalue weighted by Gasteiger charge is 2.11. The summed E-state index contributed by atoms with van der Waals surface area (Å²) in [6.45, 7) is 6.08. The molecule has 0 radical (unpaired) electrons. The second-order valence-corrected chi connectivity index (χ2v) is 7.29. The SMILES string of the molecule is Cc1nc2cnccc2c(=O)n1-c1ccc(OCCCN2CCCCC2)cc1. The molecule has 1 aromatic carbocycles. The van der Waals surface area contributed by atoms with Crippen molar-refractivity contribution in [3.63, 3.8) is 0 Å². The van der Waals surface area contributed by atoms with Crippen molar-refractivity contribution in [3.05, 3.63) is 58.9 Å². The zero-order valence-corrected chi connectivity index (χ0v) is 16.3. The number of piperidine rings is 1. The Kier molecular flexibility index (Phi) is 5.67. The van der Waals surface area contributed by atoms with E-state index in [1.807, 2.05) is 31.2 Å². The minimum Gasteiger partial charge on any atom is -0.494 e. The van der Waals surface area contributed by atoms with Crippen LogP contribution in [0.15, 0.2) is 47.5 Å². The van der Waals surface area contributed by atoms with E-state index in [9.17, 15) is 4.79 Å². The molecule has 6 heteroatoms. The quantitative estimate of drug-likeness (QED) is 0.616. The van der Waals surface area contributed by atoms with Crippen LogP contribution in [0.4, 0.5) is 0 Å². The third-order valence-corrected chi connectivity index (χ3v) is 5.27. The zero-order valence-electron chi connectivity index (χ0n) is 16.3. The highest BCUT2D eigenvalue weighted by Crippen LogP contribution is 2.17. The second kappa shape index (κ2) is 8.52. The number of likely N-dealkylation sites (tertiary alicyclic amines) is 1. The molecule has 146 valence electrons. The number of pyridine rings is 1. The molecule has 1 aliphatic rings. The predicted molar refractivity (Wildman–Crippen MR) is 110 cm³/mol. The molecule has 3 heterocycles. The molecule has 0 atom stereocenters. The van der Waals surface area contributed by atoms with Crippen molar-refractivity contribution in [2.75, 3.05) is 26.2 Å². The Labute approximate surface area is 164 Å². The molecule has 6 nitrogen and oxygen atoms in total. The third kappa shape index (κ3) is 4.07. The zero-order chi connectivity index (χ0) is 19.3. The second-order valence-electron chi connectivity index (χ2n) is 7.29. The Morgan fingerprint density at radius 1 is 1.07 bits per heavy atom. The fourth-order valence-electron chi connectivity index (χ4n) is 3.80. The molecule has 0 N–H and O–H groups in total. The van der Waals surface area contributed by atoms with E-state index in [1.165, 1.54) is 32.4 Å². The van der Waals surface area contributed by atoms with E-state index in [4.69, 9.17) is 4.74 Å². The van der Waals surface area contributed by atoms with Gasteiger partial charge in [-0.15, -0.1) is 0 Å². The van der Waals surface area contributed by atoms with Crippen molar-refractivity contribution >= 4 is 10.9 Å². The van der Waals surface area contributed by atoms with Crippen molar-refractivity contribution in [1.82, 2.24) is 19.4 Å². The smallest absolute Gasteiger partial charge is 0.266 e. The maximum atomic E-state index is 12.9. The number of benzene rings is 1. The Bertz CT molecular complexity index is 992. The third-order valence-electron chi connectivity index (χ3n) is 5.27. The van der Waals surface area contributed by atoms with Gasteiger partial charge in [-0.25, -0.2) is 4.98 Å². The van der Waals surface area contributed by atoms with Crippen LogP contribution in [0.1, 0.15) is 31.5 Å². The normalized spacial score (nSPS) is 15.0. The van der Waals surface area contributed by atoms with E-state index in [1.54, 1.807) is 23.0 Å². The first-order valence-electron chi connectivity index (χ1n) is 10.0. The van der Waals surface area contributed by atoms with E-state index in [0.29, 0.717) is 23.3 Å². The lowest BCUT2D eigenvalue weighted by atomic mass is 10.1. The van der Waals surface area contributed by atoms with Crippen molar-refractivity contribution in [2.24, 2.45) is 0 Å². The number of hydrogen-bond donors (Lipinski definition) is 0. The number of hydrogen-bond acceptors (Lipinski definition) is 5. The first-order valence-corrected chi connectivity index (χ1v) is 10.0. The average Bonchev–Trinajstić information content (AvgIpc) is 2.73.